The van der Waals surface area contributed by atoms with Gasteiger partial charge in [-0.3, -0.25) is 9.59 Å². The molecule has 0 spiro atoms. The lowest BCUT2D eigenvalue weighted by Gasteiger charge is -2.08. The van der Waals surface area contributed by atoms with Crippen molar-refractivity contribution in [3.63, 3.8) is 0 Å². The normalized spacial score (nSPS) is 10.0. The first-order valence-electron chi connectivity index (χ1n) is 7.97. The van der Waals surface area contributed by atoms with Gasteiger partial charge in [-0.25, -0.2) is 0 Å². The molecule has 0 radical (unpaired) electrons. The van der Waals surface area contributed by atoms with Crippen molar-refractivity contribution in [3.8, 4) is 0 Å². The van der Waals surface area contributed by atoms with E-state index in [1.807, 2.05) is 48.5 Å². The minimum atomic E-state index is -0.180. The molecule has 2 aromatic carbocycles. The van der Waals surface area contributed by atoms with E-state index >= 15 is 0 Å². The molecular weight excluding hydrogens is 312 g/mol. The minimum Gasteiger partial charge on any atom is -0.322 e. The van der Waals surface area contributed by atoms with E-state index in [2.05, 4.69) is 23.8 Å². The fourth-order valence-corrected chi connectivity index (χ4v) is 2.12. The molecule has 0 bridgehead atoms. The summed E-state index contributed by atoms with van der Waals surface area (Å²) in [5.41, 5.74) is 4.70. The van der Waals surface area contributed by atoms with E-state index in [0.29, 0.717) is 11.1 Å². The second-order valence-electron chi connectivity index (χ2n) is 6.04. The summed E-state index contributed by atoms with van der Waals surface area (Å²) in [5.74, 6) is -0.361. The van der Waals surface area contributed by atoms with Crippen molar-refractivity contribution in [1.29, 1.82) is 0 Å². The predicted molar refractivity (Wildman–Crippen MR) is 103 cm³/mol. The van der Waals surface area contributed by atoms with Crippen LogP contribution in [0.5, 0.6) is 0 Å². The molecular formula is C21H22N2O2. The first kappa shape index (κ1) is 18.2. The molecule has 4 heteroatoms. The summed E-state index contributed by atoms with van der Waals surface area (Å²) >= 11 is 0. The number of amides is 2. The van der Waals surface area contributed by atoms with Crippen LogP contribution < -0.4 is 10.6 Å². The van der Waals surface area contributed by atoms with Crippen LogP contribution in [0.2, 0.25) is 0 Å². The maximum absolute atomic E-state index is 11.6. The van der Waals surface area contributed by atoms with E-state index in [4.69, 9.17) is 0 Å². The van der Waals surface area contributed by atoms with Gasteiger partial charge in [-0.2, -0.15) is 0 Å². The van der Waals surface area contributed by atoms with Gasteiger partial charge in [0.05, 0.1) is 0 Å². The number of rotatable bonds is 6. The lowest BCUT2D eigenvalue weighted by Crippen LogP contribution is -2.11. The number of carbonyl (C=O) groups excluding carboxylic acids is 2. The van der Waals surface area contributed by atoms with Crippen LogP contribution in [0.3, 0.4) is 0 Å². The molecule has 0 aromatic heterocycles. The van der Waals surface area contributed by atoms with Crippen LogP contribution in [0.15, 0.2) is 72.8 Å². The van der Waals surface area contributed by atoms with Crippen molar-refractivity contribution in [2.24, 2.45) is 0 Å². The second kappa shape index (κ2) is 8.11. The number of hydrogen-bond acceptors (Lipinski definition) is 2. The van der Waals surface area contributed by atoms with E-state index in [9.17, 15) is 9.59 Å². The zero-order valence-corrected chi connectivity index (χ0v) is 14.6. The van der Waals surface area contributed by atoms with Gasteiger partial charge < -0.3 is 10.6 Å². The van der Waals surface area contributed by atoms with Gasteiger partial charge in [-0.15, -0.1) is 0 Å². The molecule has 0 aliphatic carbocycles. The van der Waals surface area contributed by atoms with Gasteiger partial charge in [0.2, 0.25) is 0 Å². The molecule has 4 nitrogen and oxygen atoms in total. The van der Waals surface area contributed by atoms with Crippen LogP contribution >= 0.6 is 0 Å². The monoisotopic (exact) mass is 334 g/mol. The van der Waals surface area contributed by atoms with Crippen LogP contribution in [0.4, 0.5) is 11.4 Å². The highest BCUT2D eigenvalue weighted by Crippen LogP contribution is 2.16. The summed E-state index contributed by atoms with van der Waals surface area (Å²) < 4.78 is 0. The molecule has 0 saturated heterocycles. The van der Waals surface area contributed by atoms with E-state index in [1.54, 1.807) is 13.8 Å². The molecule has 2 amide bonds. The van der Waals surface area contributed by atoms with Crippen LogP contribution in [0.25, 0.3) is 0 Å². The summed E-state index contributed by atoms with van der Waals surface area (Å²) in [4.78, 5) is 23.2. The van der Waals surface area contributed by atoms with Crippen LogP contribution in [-0.4, -0.2) is 11.8 Å². The third-order valence-corrected chi connectivity index (χ3v) is 3.61. The summed E-state index contributed by atoms with van der Waals surface area (Å²) in [6.45, 7) is 10.6. The zero-order chi connectivity index (χ0) is 18.4. The lowest BCUT2D eigenvalue weighted by molar-refractivity contribution is -0.113. The first-order valence-corrected chi connectivity index (χ1v) is 7.97. The van der Waals surface area contributed by atoms with Gasteiger partial charge >= 0.3 is 0 Å². The molecule has 0 heterocycles. The number of nitrogens with one attached hydrogen (secondary N) is 2. The summed E-state index contributed by atoms with van der Waals surface area (Å²) in [6.07, 6.45) is 0.767. The molecule has 128 valence electrons. The Balaban J connectivity index is 1.98. The van der Waals surface area contributed by atoms with Gasteiger partial charge in [0.1, 0.15) is 0 Å². The quantitative estimate of drug-likeness (QED) is 0.774. The van der Waals surface area contributed by atoms with Crippen molar-refractivity contribution in [2.45, 2.75) is 20.3 Å². The number of anilines is 2. The molecule has 0 aliphatic heterocycles. The van der Waals surface area contributed by atoms with E-state index < -0.39 is 0 Å². The van der Waals surface area contributed by atoms with Gasteiger partial charge in [0.15, 0.2) is 0 Å². The maximum Gasteiger partial charge on any atom is 0.250 e. The van der Waals surface area contributed by atoms with Gasteiger partial charge in [0, 0.05) is 22.5 Å². The standard InChI is InChI=1S/C21H22N2O2/c1-14(2)20(24)22-18-9-5-16(6-10-18)13-17-7-11-19(12-8-17)23-21(25)15(3)4/h5-12H,1,3,13H2,2,4H3,(H,22,24)(H,23,25). The highest BCUT2D eigenvalue weighted by molar-refractivity contribution is 6.03. The summed E-state index contributed by atoms with van der Waals surface area (Å²) in [7, 11) is 0. The van der Waals surface area contributed by atoms with E-state index in [0.717, 1.165) is 28.9 Å². The Morgan fingerprint density at radius 2 is 1.04 bits per heavy atom. The topological polar surface area (TPSA) is 58.2 Å². The Morgan fingerprint density at radius 1 is 0.720 bits per heavy atom. The van der Waals surface area contributed by atoms with Gasteiger partial charge in [-0.1, -0.05) is 37.4 Å². The van der Waals surface area contributed by atoms with Crippen LogP contribution in [0, 0.1) is 0 Å². The fourth-order valence-electron chi connectivity index (χ4n) is 2.12. The molecule has 2 rings (SSSR count). The van der Waals surface area contributed by atoms with Crippen molar-refractivity contribution in [2.75, 3.05) is 10.6 Å². The largest absolute Gasteiger partial charge is 0.322 e. The Hall–Kier alpha value is -3.14. The molecule has 25 heavy (non-hydrogen) atoms. The van der Waals surface area contributed by atoms with Crippen molar-refractivity contribution in [3.05, 3.63) is 84.0 Å². The van der Waals surface area contributed by atoms with Gasteiger partial charge in [-0.05, 0) is 55.7 Å². The zero-order valence-electron chi connectivity index (χ0n) is 14.6. The molecule has 0 aliphatic rings. The average Bonchev–Trinajstić information content (AvgIpc) is 2.58. The molecule has 0 atom stereocenters. The summed E-state index contributed by atoms with van der Waals surface area (Å²) in [6, 6.07) is 15.4. The Kier molecular flexibility index (Phi) is 5.90. The van der Waals surface area contributed by atoms with Crippen molar-refractivity contribution in [1.82, 2.24) is 0 Å². The SMILES string of the molecule is C=C(C)C(=O)Nc1ccc(Cc2ccc(NC(=O)C(=C)C)cc2)cc1. The van der Waals surface area contributed by atoms with E-state index in [1.165, 1.54) is 0 Å². The lowest BCUT2D eigenvalue weighted by atomic mass is 10.0. The Bertz CT molecular complexity index is 733. The first-order chi connectivity index (χ1) is 11.8. The maximum atomic E-state index is 11.6. The van der Waals surface area contributed by atoms with Crippen LogP contribution in [-0.2, 0) is 16.0 Å². The van der Waals surface area contributed by atoms with E-state index in [-0.39, 0.29) is 11.8 Å². The number of carbonyl (C=O) groups is 2. The van der Waals surface area contributed by atoms with Gasteiger partial charge in [0.25, 0.3) is 11.8 Å². The third-order valence-electron chi connectivity index (χ3n) is 3.61. The number of hydrogen-bond donors (Lipinski definition) is 2. The molecule has 0 fully saturated rings. The minimum absolute atomic E-state index is 0.180. The molecule has 2 aromatic rings. The molecule has 2 N–H and O–H groups in total. The number of benzene rings is 2. The predicted octanol–water partition coefficient (Wildman–Crippen LogP) is 4.31. The Morgan fingerprint density at radius 3 is 1.32 bits per heavy atom. The molecule has 0 saturated carbocycles. The molecule has 0 unspecified atom stereocenters. The smallest absolute Gasteiger partial charge is 0.250 e. The fraction of sp³-hybridized carbons (Fsp3) is 0.143. The average molecular weight is 334 g/mol. The Labute approximate surface area is 148 Å². The van der Waals surface area contributed by atoms with Crippen LogP contribution in [0.1, 0.15) is 25.0 Å². The third kappa shape index (κ3) is 5.46. The highest BCUT2D eigenvalue weighted by Gasteiger charge is 2.04. The summed E-state index contributed by atoms with van der Waals surface area (Å²) in [5, 5.41) is 5.56. The van der Waals surface area contributed by atoms with Crippen molar-refractivity contribution >= 4 is 23.2 Å². The van der Waals surface area contributed by atoms with Crippen molar-refractivity contribution < 1.29 is 9.59 Å². The second-order valence-corrected chi connectivity index (χ2v) is 6.04. The highest BCUT2D eigenvalue weighted by atomic mass is 16.2.